The molecule has 204 valence electrons. The lowest BCUT2D eigenvalue weighted by Gasteiger charge is -2.20. The molecule has 0 aliphatic heterocycles. The molecule has 3 rings (SSSR count). The molecule has 0 aliphatic rings. The number of aromatic nitrogens is 2. The number of rotatable bonds is 7. The third-order valence-corrected chi connectivity index (χ3v) is 6.49. The molecule has 1 aromatic carbocycles. The molecule has 0 bridgehead atoms. The van der Waals surface area contributed by atoms with Crippen molar-refractivity contribution < 1.29 is 17.4 Å². The molecule has 1 unspecified atom stereocenters. The van der Waals surface area contributed by atoms with Gasteiger partial charge in [-0.1, -0.05) is 58.0 Å². The van der Waals surface area contributed by atoms with Crippen molar-refractivity contribution >= 4 is 27.7 Å². The lowest BCUT2D eigenvalue weighted by Crippen LogP contribution is -2.20. The standard InChI is InChI=1S/C25H26F3N3O2S.C2H6.C2H2/c1-5-6-10-17(4)29-21-14-20(32)23-19(25(26,27)28)13-22(34(33)15-16(2)3)30-24(23)31(21)18-11-8-7-9-12-18;2*1-2/h5-14,16,29H,15H2,1-4H3;1-2H3;1-2H/b6-5-,17-10+;;. The molecule has 0 fully saturated rings. The van der Waals surface area contributed by atoms with Gasteiger partial charge in [0.15, 0.2) is 11.1 Å². The summed E-state index contributed by atoms with van der Waals surface area (Å²) >= 11 is 0. The maximum atomic E-state index is 14.1. The second-order valence-corrected chi connectivity index (χ2v) is 9.62. The Morgan fingerprint density at radius 3 is 2.29 bits per heavy atom. The van der Waals surface area contributed by atoms with E-state index in [0.717, 1.165) is 12.1 Å². The first-order chi connectivity index (χ1) is 18.0. The Bertz CT molecular complexity index is 1370. The van der Waals surface area contributed by atoms with E-state index in [0.29, 0.717) is 11.4 Å². The number of halogens is 3. The molecule has 0 spiro atoms. The summed E-state index contributed by atoms with van der Waals surface area (Å²) in [5.74, 6) is 0.375. The van der Waals surface area contributed by atoms with Crippen LogP contribution in [0.1, 0.15) is 47.1 Å². The van der Waals surface area contributed by atoms with Crippen LogP contribution in [0.3, 0.4) is 0 Å². The number of allylic oxidation sites excluding steroid dienone is 4. The Morgan fingerprint density at radius 1 is 1.16 bits per heavy atom. The SMILES string of the molecule is C#C.C/C=C\C=C(/C)Nc1cc(=O)c2c(C(F)(F)F)cc(S(=O)CC(C)C)nc2n1-c1ccccc1.CC. The van der Waals surface area contributed by atoms with Gasteiger partial charge < -0.3 is 5.32 Å². The van der Waals surface area contributed by atoms with Gasteiger partial charge in [0, 0.05) is 23.2 Å². The number of nitrogens with one attached hydrogen (secondary N) is 1. The van der Waals surface area contributed by atoms with Crippen molar-refractivity contribution in [2.75, 3.05) is 11.1 Å². The normalized spacial score (nSPS) is 12.5. The van der Waals surface area contributed by atoms with E-state index < -0.39 is 33.4 Å². The third kappa shape index (κ3) is 8.18. The number of alkyl halides is 3. The monoisotopic (exact) mass is 545 g/mol. The van der Waals surface area contributed by atoms with Crippen LogP contribution in [0.15, 0.2) is 76.2 Å². The second kappa shape index (κ2) is 14.9. The highest BCUT2D eigenvalue weighted by Crippen LogP contribution is 2.36. The van der Waals surface area contributed by atoms with Gasteiger partial charge in [0.25, 0.3) is 0 Å². The Labute approximate surface area is 225 Å². The molecular weight excluding hydrogens is 511 g/mol. The van der Waals surface area contributed by atoms with Crippen LogP contribution in [0.5, 0.6) is 0 Å². The first-order valence-corrected chi connectivity index (χ1v) is 13.4. The molecule has 38 heavy (non-hydrogen) atoms. The van der Waals surface area contributed by atoms with Crippen LogP contribution in [0, 0.1) is 18.8 Å². The van der Waals surface area contributed by atoms with Crippen LogP contribution >= 0.6 is 0 Å². The number of hydrogen-bond acceptors (Lipinski definition) is 4. The van der Waals surface area contributed by atoms with Gasteiger partial charge in [-0.2, -0.15) is 13.2 Å². The number of para-hydroxylation sites is 1. The number of hydrogen-bond donors (Lipinski definition) is 1. The smallest absolute Gasteiger partial charge is 0.345 e. The number of anilines is 1. The Balaban J connectivity index is 0.00000172. The molecule has 0 saturated carbocycles. The fourth-order valence-corrected chi connectivity index (χ4v) is 4.65. The first-order valence-electron chi connectivity index (χ1n) is 12.0. The number of nitrogens with zero attached hydrogens (tertiary/aromatic N) is 2. The van der Waals surface area contributed by atoms with Gasteiger partial charge in [-0.15, -0.1) is 12.8 Å². The van der Waals surface area contributed by atoms with Crippen molar-refractivity contribution in [3.05, 3.63) is 82.2 Å². The highest BCUT2D eigenvalue weighted by molar-refractivity contribution is 7.85. The summed E-state index contributed by atoms with van der Waals surface area (Å²) in [6.07, 6.45) is 8.56. The summed E-state index contributed by atoms with van der Waals surface area (Å²) in [4.78, 5) is 17.4. The number of fused-ring (bicyclic) bond motifs is 1. The zero-order valence-electron chi connectivity index (χ0n) is 22.5. The van der Waals surface area contributed by atoms with E-state index in [4.69, 9.17) is 0 Å². The van der Waals surface area contributed by atoms with Crippen molar-refractivity contribution in [1.82, 2.24) is 9.55 Å². The average molecular weight is 546 g/mol. The zero-order chi connectivity index (χ0) is 29.0. The van der Waals surface area contributed by atoms with Crippen LogP contribution in [0.25, 0.3) is 16.7 Å². The van der Waals surface area contributed by atoms with Gasteiger partial charge >= 0.3 is 6.18 Å². The molecule has 2 aromatic heterocycles. The maximum absolute atomic E-state index is 14.1. The summed E-state index contributed by atoms with van der Waals surface area (Å²) in [5.41, 5.74) is -1.02. The van der Waals surface area contributed by atoms with Gasteiger partial charge in [0.1, 0.15) is 10.8 Å². The largest absolute Gasteiger partial charge is 0.417 e. The van der Waals surface area contributed by atoms with Crippen molar-refractivity contribution in [3.8, 4) is 18.5 Å². The quantitative estimate of drug-likeness (QED) is 0.249. The van der Waals surface area contributed by atoms with E-state index in [1.54, 1.807) is 49.4 Å². The molecule has 0 saturated heterocycles. The van der Waals surface area contributed by atoms with Crippen molar-refractivity contribution in [1.29, 1.82) is 0 Å². The summed E-state index contributed by atoms with van der Waals surface area (Å²) in [7, 11) is -1.77. The van der Waals surface area contributed by atoms with Gasteiger partial charge in [-0.3, -0.25) is 13.6 Å². The van der Waals surface area contributed by atoms with Crippen molar-refractivity contribution in [2.24, 2.45) is 5.92 Å². The van der Waals surface area contributed by atoms with Gasteiger partial charge in [0.2, 0.25) is 0 Å². The van der Waals surface area contributed by atoms with Gasteiger partial charge in [0.05, 0.1) is 21.7 Å². The third-order valence-electron chi connectivity index (χ3n) is 4.85. The molecule has 2 heterocycles. The van der Waals surface area contributed by atoms with E-state index in [9.17, 15) is 22.2 Å². The van der Waals surface area contributed by atoms with Gasteiger partial charge in [-0.25, -0.2) is 4.98 Å². The first kappa shape index (κ1) is 32.4. The lowest BCUT2D eigenvalue weighted by molar-refractivity contribution is -0.136. The van der Waals surface area contributed by atoms with Gasteiger partial charge in [-0.05, 0) is 44.0 Å². The summed E-state index contributed by atoms with van der Waals surface area (Å²) < 4.78 is 56.5. The van der Waals surface area contributed by atoms with Crippen LogP contribution < -0.4 is 10.7 Å². The van der Waals surface area contributed by atoms with E-state index in [-0.39, 0.29) is 28.2 Å². The predicted octanol–water partition coefficient (Wildman–Crippen LogP) is 7.34. The minimum Gasteiger partial charge on any atom is -0.345 e. The summed E-state index contributed by atoms with van der Waals surface area (Å²) in [6, 6.07) is 10.5. The molecule has 9 heteroatoms. The Kier molecular flexibility index (Phi) is 12.7. The highest BCUT2D eigenvalue weighted by Gasteiger charge is 2.36. The maximum Gasteiger partial charge on any atom is 0.417 e. The second-order valence-electron chi connectivity index (χ2n) is 8.18. The van der Waals surface area contributed by atoms with Crippen molar-refractivity contribution in [3.63, 3.8) is 0 Å². The number of pyridine rings is 2. The Hall–Kier alpha value is -3.64. The van der Waals surface area contributed by atoms with Crippen LogP contribution in [0.2, 0.25) is 0 Å². The zero-order valence-corrected chi connectivity index (χ0v) is 23.3. The van der Waals surface area contributed by atoms with E-state index in [1.165, 1.54) is 4.57 Å². The predicted molar refractivity (Wildman–Crippen MR) is 152 cm³/mol. The molecular formula is C29H34F3N3O2S. The van der Waals surface area contributed by atoms with Crippen LogP contribution in [-0.4, -0.2) is 19.5 Å². The molecule has 0 amide bonds. The molecule has 1 N–H and O–H groups in total. The van der Waals surface area contributed by atoms with Crippen LogP contribution in [0.4, 0.5) is 19.0 Å². The number of benzene rings is 1. The lowest BCUT2D eigenvalue weighted by atomic mass is 10.1. The topological polar surface area (TPSA) is 64.0 Å². The van der Waals surface area contributed by atoms with E-state index >= 15 is 0 Å². The minimum atomic E-state index is -4.83. The number of terminal acetylenes is 1. The summed E-state index contributed by atoms with van der Waals surface area (Å²) in [5, 5.41) is 2.31. The fourth-order valence-electron chi connectivity index (χ4n) is 3.43. The summed E-state index contributed by atoms with van der Waals surface area (Å²) in [6.45, 7) is 11.3. The molecule has 0 aliphatic carbocycles. The molecule has 1 atom stereocenters. The molecule has 5 nitrogen and oxygen atoms in total. The van der Waals surface area contributed by atoms with E-state index in [1.807, 2.05) is 40.7 Å². The van der Waals surface area contributed by atoms with Crippen LogP contribution in [-0.2, 0) is 17.0 Å². The molecule has 0 radical (unpaired) electrons. The Morgan fingerprint density at radius 2 is 1.76 bits per heavy atom. The minimum absolute atomic E-state index is 0.0172. The fraction of sp³-hybridized carbons (Fsp3) is 0.310. The van der Waals surface area contributed by atoms with E-state index in [2.05, 4.69) is 23.1 Å². The highest BCUT2D eigenvalue weighted by atomic mass is 32.2. The molecule has 3 aromatic rings. The average Bonchev–Trinajstić information content (AvgIpc) is 2.89. The van der Waals surface area contributed by atoms with Crippen molar-refractivity contribution in [2.45, 2.75) is 52.7 Å².